The van der Waals surface area contributed by atoms with Gasteiger partial charge in [-0.2, -0.15) is 4.98 Å². The highest BCUT2D eigenvalue weighted by Gasteiger charge is 2.14. The van der Waals surface area contributed by atoms with E-state index >= 15 is 0 Å². The van der Waals surface area contributed by atoms with Crippen molar-refractivity contribution in [2.24, 2.45) is 5.73 Å². The Morgan fingerprint density at radius 1 is 1.50 bits per heavy atom. The van der Waals surface area contributed by atoms with Crippen LogP contribution >= 0.6 is 23.4 Å². The first-order valence-corrected chi connectivity index (χ1v) is 7.91. The van der Waals surface area contributed by atoms with Crippen molar-refractivity contribution in [3.05, 3.63) is 41.0 Å². The molecular formula is C14H14ClN3O3S. The molecule has 116 valence electrons. The van der Waals surface area contributed by atoms with Gasteiger partial charge in [-0.15, -0.1) is 0 Å². The standard InChI is InChI=1S/C14H14ClN3O3S/c1-22-14-17-5-4-12(18-14)21-9-3-2-8(10(15)7-9)6-11(16)13(19)20/h2-5,7,11H,6,16H2,1H3,(H,19,20)/t11-/m0/s1. The molecule has 0 saturated carbocycles. The number of carboxylic acids is 1. The number of hydrogen-bond donors (Lipinski definition) is 2. The third kappa shape index (κ3) is 4.33. The first-order chi connectivity index (χ1) is 10.5. The molecule has 2 rings (SSSR count). The van der Waals surface area contributed by atoms with E-state index in [9.17, 15) is 4.79 Å². The van der Waals surface area contributed by atoms with Crippen LogP contribution in [0.4, 0.5) is 0 Å². The normalized spacial score (nSPS) is 12.0. The fourth-order valence-corrected chi connectivity index (χ4v) is 2.28. The topological polar surface area (TPSA) is 98.3 Å². The lowest BCUT2D eigenvalue weighted by Crippen LogP contribution is -2.32. The molecule has 8 heteroatoms. The van der Waals surface area contributed by atoms with Gasteiger partial charge in [0.25, 0.3) is 0 Å². The van der Waals surface area contributed by atoms with E-state index in [1.54, 1.807) is 30.5 Å². The van der Waals surface area contributed by atoms with Crippen molar-refractivity contribution < 1.29 is 14.6 Å². The predicted octanol–water partition coefficient (Wildman–Crippen LogP) is 2.60. The van der Waals surface area contributed by atoms with Crippen LogP contribution in [0, 0.1) is 0 Å². The molecule has 0 aliphatic rings. The van der Waals surface area contributed by atoms with Crippen molar-refractivity contribution in [2.75, 3.05) is 6.26 Å². The van der Waals surface area contributed by atoms with Crippen molar-refractivity contribution in [1.82, 2.24) is 9.97 Å². The first kappa shape index (κ1) is 16.5. The zero-order valence-corrected chi connectivity index (χ0v) is 13.3. The van der Waals surface area contributed by atoms with E-state index < -0.39 is 12.0 Å². The van der Waals surface area contributed by atoms with E-state index in [1.165, 1.54) is 11.8 Å². The van der Waals surface area contributed by atoms with Crippen LogP contribution in [0.1, 0.15) is 5.56 Å². The van der Waals surface area contributed by atoms with Gasteiger partial charge in [-0.1, -0.05) is 29.4 Å². The molecule has 3 N–H and O–H groups in total. The van der Waals surface area contributed by atoms with Crippen molar-refractivity contribution in [3.63, 3.8) is 0 Å². The highest BCUT2D eigenvalue weighted by Crippen LogP contribution is 2.27. The number of aliphatic carboxylic acids is 1. The maximum absolute atomic E-state index is 10.8. The Morgan fingerprint density at radius 2 is 2.27 bits per heavy atom. The summed E-state index contributed by atoms with van der Waals surface area (Å²) < 4.78 is 5.61. The highest BCUT2D eigenvalue weighted by atomic mass is 35.5. The summed E-state index contributed by atoms with van der Waals surface area (Å²) in [6.45, 7) is 0. The van der Waals surface area contributed by atoms with Crippen LogP contribution in [-0.2, 0) is 11.2 Å². The number of nitrogens with zero attached hydrogens (tertiary/aromatic N) is 2. The summed E-state index contributed by atoms with van der Waals surface area (Å²) in [6.07, 6.45) is 3.63. The molecule has 0 aliphatic carbocycles. The van der Waals surface area contributed by atoms with Gasteiger partial charge in [0.2, 0.25) is 5.88 Å². The lowest BCUT2D eigenvalue weighted by molar-refractivity contribution is -0.138. The smallest absolute Gasteiger partial charge is 0.320 e. The third-order valence-corrected chi connectivity index (χ3v) is 3.71. The summed E-state index contributed by atoms with van der Waals surface area (Å²) in [7, 11) is 0. The Bertz CT molecular complexity index is 684. The monoisotopic (exact) mass is 339 g/mol. The molecule has 0 spiro atoms. The van der Waals surface area contributed by atoms with Crippen LogP contribution in [-0.4, -0.2) is 33.3 Å². The van der Waals surface area contributed by atoms with E-state index in [4.69, 9.17) is 27.2 Å². The molecule has 1 aromatic heterocycles. The molecule has 1 aromatic carbocycles. The second-order valence-corrected chi connectivity index (χ2v) is 5.57. The van der Waals surface area contributed by atoms with Crippen molar-refractivity contribution in [1.29, 1.82) is 0 Å². The average molecular weight is 340 g/mol. The third-order valence-electron chi connectivity index (χ3n) is 2.79. The predicted molar refractivity (Wildman–Crippen MR) is 84.7 cm³/mol. The minimum Gasteiger partial charge on any atom is -0.480 e. The van der Waals surface area contributed by atoms with Crippen LogP contribution in [0.2, 0.25) is 5.02 Å². The fraction of sp³-hybridized carbons (Fsp3) is 0.214. The minimum atomic E-state index is -1.07. The van der Waals surface area contributed by atoms with E-state index in [0.29, 0.717) is 27.4 Å². The largest absolute Gasteiger partial charge is 0.480 e. The van der Waals surface area contributed by atoms with Crippen molar-refractivity contribution >= 4 is 29.3 Å². The van der Waals surface area contributed by atoms with Crippen molar-refractivity contribution in [3.8, 4) is 11.6 Å². The summed E-state index contributed by atoms with van der Waals surface area (Å²) in [4.78, 5) is 19.0. The maximum Gasteiger partial charge on any atom is 0.320 e. The number of nitrogens with two attached hydrogens (primary N) is 1. The van der Waals surface area contributed by atoms with E-state index in [0.717, 1.165) is 0 Å². The highest BCUT2D eigenvalue weighted by molar-refractivity contribution is 7.98. The van der Waals surface area contributed by atoms with Gasteiger partial charge in [0.1, 0.15) is 11.8 Å². The SMILES string of the molecule is CSc1nccc(Oc2ccc(C[C@H](N)C(=O)O)c(Cl)c2)n1. The van der Waals surface area contributed by atoms with Gasteiger partial charge in [-0.05, 0) is 30.4 Å². The number of hydrogen-bond acceptors (Lipinski definition) is 6. The summed E-state index contributed by atoms with van der Waals surface area (Å²) in [5, 5.41) is 9.82. The lowest BCUT2D eigenvalue weighted by Gasteiger charge is -2.10. The number of rotatable bonds is 6. The Labute approximate surface area is 136 Å². The van der Waals surface area contributed by atoms with Crippen LogP contribution in [0.15, 0.2) is 35.6 Å². The zero-order valence-electron chi connectivity index (χ0n) is 11.7. The number of aromatic nitrogens is 2. The van der Waals surface area contributed by atoms with E-state index in [1.807, 2.05) is 6.26 Å². The number of carboxylic acid groups (broad SMARTS) is 1. The van der Waals surface area contributed by atoms with Gasteiger partial charge in [0.15, 0.2) is 5.16 Å². The summed E-state index contributed by atoms with van der Waals surface area (Å²) >= 11 is 7.55. The molecule has 1 atom stereocenters. The fourth-order valence-electron chi connectivity index (χ4n) is 1.68. The molecule has 0 bridgehead atoms. The molecule has 0 saturated heterocycles. The molecule has 1 heterocycles. The number of ether oxygens (including phenoxy) is 1. The van der Waals surface area contributed by atoms with Gasteiger partial charge in [0, 0.05) is 17.3 Å². The molecular weight excluding hydrogens is 326 g/mol. The van der Waals surface area contributed by atoms with Gasteiger partial charge < -0.3 is 15.6 Å². The van der Waals surface area contributed by atoms with Crippen LogP contribution < -0.4 is 10.5 Å². The van der Waals surface area contributed by atoms with Crippen molar-refractivity contribution in [2.45, 2.75) is 17.6 Å². The number of thioether (sulfide) groups is 1. The molecule has 0 amide bonds. The Morgan fingerprint density at radius 3 is 2.91 bits per heavy atom. The Balaban J connectivity index is 2.13. The summed E-state index contributed by atoms with van der Waals surface area (Å²) in [5.74, 6) is -0.157. The van der Waals surface area contributed by atoms with Gasteiger partial charge in [-0.25, -0.2) is 4.98 Å². The van der Waals surface area contributed by atoms with Crippen LogP contribution in [0.5, 0.6) is 11.6 Å². The van der Waals surface area contributed by atoms with Gasteiger partial charge in [0.05, 0.1) is 0 Å². The molecule has 0 aliphatic heterocycles. The summed E-state index contributed by atoms with van der Waals surface area (Å²) in [6, 6.07) is 5.64. The molecule has 0 radical (unpaired) electrons. The first-order valence-electron chi connectivity index (χ1n) is 6.31. The molecule has 22 heavy (non-hydrogen) atoms. The average Bonchev–Trinajstić information content (AvgIpc) is 2.50. The molecule has 0 unspecified atom stereocenters. The minimum absolute atomic E-state index is 0.151. The maximum atomic E-state index is 10.8. The second kappa shape index (κ2) is 7.44. The number of carbonyl (C=O) groups is 1. The van der Waals surface area contributed by atoms with Crippen LogP contribution in [0.25, 0.3) is 0 Å². The summed E-state index contributed by atoms with van der Waals surface area (Å²) in [5.41, 5.74) is 6.15. The lowest BCUT2D eigenvalue weighted by atomic mass is 10.1. The van der Waals surface area contributed by atoms with E-state index in [-0.39, 0.29) is 6.42 Å². The molecule has 6 nitrogen and oxygen atoms in total. The Kier molecular flexibility index (Phi) is 5.59. The number of halogens is 1. The second-order valence-electron chi connectivity index (χ2n) is 4.39. The van der Waals surface area contributed by atoms with Gasteiger partial charge >= 0.3 is 5.97 Å². The molecule has 0 fully saturated rings. The van der Waals surface area contributed by atoms with Gasteiger partial charge in [-0.3, -0.25) is 4.79 Å². The Hall–Kier alpha value is -1.83. The number of benzene rings is 1. The quantitative estimate of drug-likeness (QED) is 0.616. The van der Waals surface area contributed by atoms with Crippen LogP contribution in [0.3, 0.4) is 0 Å². The molecule has 2 aromatic rings. The zero-order chi connectivity index (χ0) is 16.1. The van der Waals surface area contributed by atoms with E-state index in [2.05, 4.69) is 9.97 Å².